The van der Waals surface area contributed by atoms with Gasteiger partial charge in [-0.15, -0.1) is 11.6 Å². The molecular weight excluding hydrogens is 200 g/mol. The highest BCUT2D eigenvalue weighted by atomic mass is 35.5. The van der Waals surface area contributed by atoms with Gasteiger partial charge in [-0.25, -0.2) is 0 Å². The molecule has 0 radical (unpaired) electrons. The number of carbonyl (C=O) groups excluding carboxylic acids is 2. The van der Waals surface area contributed by atoms with Gasteiger partial charge in [0, 0.05) is 12.0 Å². The number of hydrogen-bond acceptors (Lipinski definition) is 2. The Morgan fingerprint density at radius 2 is 2.21 bits per heavy atom. The summed E-state index contributed by atoms with van der Waals surface area (Å²) in [6, 6.07) is 5.46. The van der Waals surface area contributed by atoms with Gasteiger partial charge < -0.3 is 0 Å². The van der Waals surface area contributed by atoms with E-state index in [0.717, 1.165) is 17.4 Å². The van der Waals surface area contributed by atoms with Crippen LogP contribution in [0, 0.1) is 6.92 Å². The second-order valence-electron chi connectivity index (χ2n) is 3.11. The molecule has 1 aromatic carbocycles. The maximum Gasteiger partial charge on any atom is 0.151 e. The van der Waals surface area contributed by atoms with Crippen LogP contribution in [-0.4, -0.2) is 17.9 Å². The first-order valence-corrected chi connectivity index (χ1v) is 4.83. The Hall–Kier alpha value is -1.15. The van der Waals surface area contributed by atoms with Gasteiger partial charge in [0.2, 0.25) is 0 Å². The topological polar surface area (TPSA) is 34.1 Å². The fourth-order valence-electron chi connectivity index (χ4n) is 1.32. The van der Waals surface area contributed by atoms with Gasteiger partial charge in [-0.05, 0) is 18.1 Å². The molecule has 0 saturated carbocycles. The largest absolute Gasteiger partial charge is 0.298 e. The third-order valence-electron chi connectivity index (χ3n) is 2.07. The second-order valence-corrected chi connectivity index (χ2v) is 3.38. The molecule has 0 unspecified atom stereocenters. The molecule has 74 valence electrons. The summed E-state index contributed by atoms with van der Waals surface area (Å²) in [4.78, 5) is 21.9. The molecule has 0 aliphatic heterocycles. The number of hydrogen-bond donors (Lipinski definition) is 0. The molecule has 14 heavy (non-hydrogen) atoms. The van der Waals surface area contributed by atoms with Gasteiger partial charge in [-0.3, -0.25) is 9.59 Å². The summed E-state index contributed by atoms with van der Waals surface area (Å²) in [5.41, 5.74) is 2.25. The van der Waals surface area contributed by atoms with Gasteiger partial charge in [0.15, 0.2) is 12.1 Å². The molecule has 0 aliphatic carbocycles. The van der Waals surface area contributed by atoms with E-state index in [9.17, 15) is 9.59 Å². The van der Waals surface area contributed by atoms with Crippen LogP contribution in [0.5, 0.6) is 0 Å². The Bertz CT molecular complexity index is 358. The second kappa shape index (κ2) is 4.91. The van der Waals surface area contributed by atoms with Gasteiger partial charge >= 0.3 is 0 Å². The SMILES string of the molecule is Cc1cccc(CC(=O)CCl)c1C=O. The fraction of sp³-hybridized carbons (Fsp3) is 0.273. The third-order valence-corrected chi connectivity index (χ3v) is 2.37. The normalized spacial score (nSPS) is 9.86. The lowest BCUT2D eigenvalue weighted by atomic mass is 9.99. The first-order valence-electron chi connectivity index (χ1n) is 4.30. The minimum absolute atomic E-state index is 0.00770. The van der Waals surface area contributed by atoms with Crippen molar-refractivity contribution in [3.05, 3.63) is 34.9 Å². The van der Waals surface area contributed by atoms with Crippen molar-refractivity contribution in [3.8, 4) is 0 Å². The zero-order chi connectivity index (χ0) is 10.6. The van der Waals surface area contributed by atoms with Crippen molar-refractivity contribution in [2.75, 3.05) is 5.88 Å². The number of Topliss-reactive ketones (excluding diaryl/α,β-unsaturated/α-hetero) is 1. The summed E-state index contributed by atoms with van der Waals surface area (Å²) in [7, 11) is 0. The highest BCUT2D eigenvalue weighted by molar-refractivity contribution is 6.27. The fourth-order valence-corrected chi connectivity index (χ4v) is 1.42. The van der Waals surface area contributed by atoms with Crippen LogP contribution in [0.4, 0.5) is 0 Å². The van der Waals surface area contributed by atoms with Gasteiger partial charge in [-0.2, -0.15) is 0 Å². The van der Waals surface area contributed by atoms with E-state index in [-0.39, 0.29) is 18.1 Å². The Balaban J connectivity index is 3.02. The van der Waals surface area contributed by atoms with Gasteiger partial charge in [-0.1, -0.05) is 18.2 Å². The third kappa shape index (κ3) is 2.42. The van der Waals surface area contributed by atoms with Crippen LogP contribution in [0.25, 0.3) is 0 Å². The van der Waals surface area contributed by atoms with E-state index in [2.05, 4.69) is 0 Å². The van der Waals surface area contributed by atoms with E-state index in [1.165, 1.54) is 0 Å². The number of ketones is 1. The van der Waals surface area contributed by atoms with Crippen molar-refractivity contribution < 1.29 is 9.59 Å². The lowest BCUT2D eigenvalue weighted by Crippen LogP contribution is -2.06. The molecular formula is C11H11ClO2. The molecule has 0 heterocycles. The Morgan fingerprint density at radius 3 is 2.79 bits per heavy atom. The molecule has 3 heteroatoms. The highest BCUT2D eigenvalue weighted by Crippen LogP contribution is 2.12. The van der Waals surface area contributed by atoms with Crippen molar-refractivity contribution in [1.82, 2.24) is 0 Å². The summed E-state index contributed by atoms with van der Waals surface area (Å²) < 4.78 is 0. The summed E-state index contributed by atoms with van der Waals surface area (Å²) in [6.45, 7) is 1.85. The average molecular weight is 211 g/mol. The predicted octanol–water partition coefficient (Wildman–Crippen LogP) is 2.16. The number of halogens is 1. The van der Waals surface area contributed by atoms with Crippen LogP contribution >= 0.6 is 11.6 Å². The molecule has 0 N–H and O–H groups in total. The van der Waals surface area contributed by atoms with Crippen LogP contribution < -0.4 is 0 Å². The van der Waals surface area contributed by atoms with Crippen LogP contribution in [0.2, 0.25) is 0 Å². The quantitative estimate of drug-likeness (QED) is 0.564. The van der Waals surface area contributed by atoms with E-state index in [4.69, 9.17) is 11.6 Å². The number of benzene rings is 1. The molecule has 0 saturated heterocycles. The molecule has 1 aromatic rings. The van der Waals surface area contributed by atoms with E-state index < -0.39 is 0 Å². The van der Waals surface area contributed by atoms with E-state index in [0.29, 0.717) is 5.56 Å². The zero-order valence-electron chi connectivity index (χ0n) is 7.92. The Labute approximate surface area is 87.9 Å². The summed E-state index contributed by atoms with van der Waals surface area (Å²) in [5, 5.41) is 0. The maximum atomic E-state index is 11.1. The molecule has 2 nitrogen and oxygen atoms in total. The number of rotatable bonds is 4. The number of aryl methyl sites for hydroxylation is 1. The minimum atomic E-state index is -0.0691. The smallest absolute Gasteiger partial charge is 0.151 e. The average Bonchev–Trinajstić information content (AvgIpc) is 2.18. The monoisotopic (exact) mass is 210 g/mol. The molecule has 0 fully saturated rings. The number of alkyl halides is 1. The van der Waals surface area contributed by atoms with Crippen molar-refractivity contribution in [1.29, 1.82) is 0 Å². The lowest BCUT2D eigenvalue weighted by molar-refractivity contribution is -0.116. The molecule has 0 aromatic heterocycles. The molecule has 0 amide bonds. The maximum absolute atomic E-state index is 11.1. The van der Waals surface area contributed by atoms with Crippen molar-refractivity contribution in [2.24, 2.45) is 0 Å². The first-order chi connectivity index (χ1) is 6.69. The Kier molecular flexibility index (Phi) is 3.84. The number of aldehydes is 1. The van der Waals surface area contributed by atoms with Crippen molar-refractivity contribution >= 4 is 23.7 Å². The molecule has 1 rings (SSSR count). The van der Waals surface area contributed by atoms with Crippen LogP contribution in [0.3, 0.4) is 0 Å². The van der Waals surface area contributed by atoms with Crippen molar-refractivity contribution in [3.63, 3.8) is 0 Å². The van der Waals surface area contributed by atoms with Crippen LogP contribution in [0.1, 0.15) is 21.5 Å². The lowest BCUT2D eigenvalue weighted by Gasteiger charge is -2.05. The van der Waals surface area contributed by atoms with Crippen LogP contribution in [-0.2, 0) is 11.2 Å². The van der Waals surface area contributed by atoms with Gasteiger partial charge in [0.25, 0.3) is 0 Å². The molecule has 0 spiro atoms. The van der Waals surface area contributed by atoms with E-state index >= 15 is 0 Å². The Morgan fingerprint density at radius 1 is 1.50 bits per heavy atom. The highest BCUT2D eigenvalue weighted by Gasteiger charge is 2.08. The number of carbonyl (C=O) groups is 2. The standard InChI is InChI=1S/C11H11ClO2/c1-8-3-2-4-9(11(8)7-13)5-10(14)6-12/h2-4,7H,5-6H2,1H3. The van der Waals surface area contributed by atoms with E-state index in [1.54, 1.807) is 6.07 Å². The molecule has 0 aliphatic rings. The van der Waals surface area contributed by atoms with E-state index in [1.807, 2.05) is 19.1 Å². The molecule has 0 bridgehead atoms. The minimum Gasteiger partial charge on any atom is -0.298 e. The summed E-state index contributed by atoms with van der Waals surface area (Å²) in [6.07, 6.45) is 1.02. The van der Waals surface area contributed by atoms with Crippen LogP contribution in [0.15, 0.2) is 18.2 Å². The van der Waals surface area contributed by atoms with Gasteiger partial charge in [0.1, 0.15) is 0 Å². The zero-order valence-corrected chi connectivity index (χ0v) is 8.67. The molecule has 0 atom stereocenters. The summed E-state index contributed by atoms with van der Waals surface area (Å²) >= 11 is 5.40. The van der Waals surface area contributed by atoms with Crippen molar-refractivity contribution in [2.45, 2.75) is 13.3 Å². The first kappa shape index (κ1) is 10.9. The summed E-state index contributed by atoms with van der Waals surface area (Å²) in [5.74, 6) is -0.0768. The predicted molar refractivity (Wildman–Crippen MR) is 56.0 cm³/mol. The van der Waals surface area contributed by atoms with Gasteiger partial charge in [0.05, 0.1) is 5.88 Å².